The minimum Gasteiger partial charge on any atom is -0.481 e. The van der Waals surface area contributed by atoms with Crippen molar-refractivity contribution in [3.63, 3.8) is 0 Å². The highest BCUT2D eigenvalue weighted by Gasteiger charge is 2.19. The van der Waals surface area contributed by atoms with Crippen molar-refractivity contribution in [2.45, 2.75) is 58.5 Å². The molecule has 0 aliphatic carbocycles. The van der Waals surface area contributed by atoms with E-state index in [0.29, 0.717) is 19.4 Å². The molecule has 1 atom stereocenters. The lowest BCUT2D eigenvalue weighted by Crippen LogP contribution is -2.48. The minimum atomic E-state index is -0.845. The van der Waals surface area contributed by atoms with E-state index in [2.05, 4.69) is 11.2 Å². The molecule has 19 heavy (non-hydrogen) atoms. The first-order valence-electron chi connectivity index (χ1n) is 6.64. The first kappa shape index (κ1) is 17.3. The van der Waals surface area contributed by atoms with E-state index >= 15 is 0 Å². The third-order valence-corrected chi connectivity index (χ3v) is 2.86. The Morgan fingerprint density at radius 1 is 1.42 bits per heavy atom. The van der Waals surface area contributed by atoms with Gasteiger partial charge in [0.25, 0.3) is 0 Å². The van der Waals surface area contributed by atoms with Crippen LogP contribution >= 0.6 is 0 Å². The minimum absolute atomic E-state index is 0.0251. The molecule has 2 amide bonds. The molecule has 5 heteroatoms. The van der Waals surface area contributed by atoms with E-state index in [1.165, 1.54) is 0 Å². The normalized spacial score (nSPS) is 11.7. The van der Waals surface area contributed by atoms with Gasteiger partial charge in [0.2, 0.25) is 0 Å². The van der Waals surface area contributed by atoms with E-state index < -0.39 is 5.97 Å². The lowest BCUT2D eigenvalue weighted by Gasteiger charge is -2.28. The summed E-state index contributed by atoms with van der Waals surface area (Å²) in [5.74, 6) is 1.69. The summed E-state index contributed by atoms with van der Waals surface area (Å²) in [6.45, 7) is 6.21. The van der Waals surface area contributed by atoms with Crippen LogP contribution in [-0.4, -0.2) is 40.6 Å². The highest BCUT2D eigenvalue weighted by Crippen LogP contribution is 2.05. The van der Waals surface area contributed by atoms with Crippen LogP contribution in [0, 0.1) is 12.3 Å². The summed E-state index contributed by atoms with van der Waals surface area (Å²) in [5.41, 5.74) is 0. The molecule has 5 nitrogen and oxygen atoms in total. The first-order chi connectivity index (χ1) is 8.92. The quantitative estimate of drug-likeness (QED) is 0.662. The number of aliphatic carboxylic acids is 1. The predicted molar refractivity (Wildman–Crippen MR) is 74.8 cm³/mol. The number of hydrogen-bond donors (Lipinski definition) is 2. The summed E-state index contributed by atoms with van der Waals surface area (Å²) in [7, 11) is 0. The van der Waals surface area contributed by atoms with Gasteiger partial charge in [-0.3, -0.25) is 4.79 Å². The Bertz CT molecular complexity index is 334. The van der Waals surface area contributed by atoms with Gasteiger partial charge in [-0.1, -0.05) is 6.92 Å². The molecule has 0 rings (SSSR count). The molecule has 108 valence electrons. The number of hydrogen-bond acceptors (Lipinski definition) is 2. The molecule has 0 saturated heterocycles. The molecule has 0 heterocycles. The Labute approximate surface area is 115 Å². The molecule has 0 radical (unpaired) electrons. The van der Waals surface area contributed by atoms with Crippen molar-refractivity contribution in [1.29, 1.82) is 0 Å². The van der Waals surface area contributed by atoms with Gasteiger partial charge < -0.3 is 15.3 Å². The lowest BCUT2D eigenvalue weighted by molar-refractivity contribution is -0.137. The maximum absolute atomic E-state index is 12.1. The van der Waals surface area contributed by atoms with Crippen LogP contribution in [0.15, 0.2) is 0 Å². The summed E-state index contributed by atoms with van der Waals surface area (Å²) in [6.07, 6.45) is 7.05. The number of nitrogens with zero attached hydrogens (tertiary/aromatic N) is 1. The number of carbonyl (C=O) groups excluding carboxylic acids is 1. The summed E-state index contributed by atoms with van der Waals surface area (Å²) in [6, 6.07) is -0.183. The van der Waals surface area contributed by atoms with Crippen molar-refractivity contribution < 1.29 is 14.7 Å². The largest absolute Gasteiger partial charge is 0.481 e. The number of amides is 2. The van der Waals surface area contributed by atoms with Crippen molar-refractivity contribution in [2.24, 2.45) is 0 Å². The van der Waals surface area contributed by atoms with Crippen molar-refractivity contribution in [1.82, 2.24) is 10.2 Å². The zero-order chi connectivity index (χ0) is 14.8. The molecule has 0 fully saturated rings. The first-order valence-corrected chi connectivity index (χ1v) is 6.64. The van der Waals surface area contributed by atoms with Gasteiger partial charge in [-0.25, -0.2) is 4.79 Å². The van der Waals surface area contributed by atoms with Crippen LogP contribution in [0.5, 0.6) is 0 Å². The molecule has 0 aliphatic heterocycles. The number of rotatable bonds is 8. The van der Waals surface area contributed by atoms with Gasteiger partial charge in [0.1, 0.15) is 0 Å². The molecule has 0 saturated carbocycles. The maximum atomic E-state index is 12.1. The molecule has 0 aromatic rings. The molecule has 0 bridgehead atoms. The Balaban J connectivity index is 4.40. The summed E-state index contributed by atoms with van der Waals surface area (Å²) in [4.78, 5) is 24.2. The summed E-state index contributed by atoms with van der Waals surface area (Å²) < 4.78 is 0. The Hall–Kier alpha value is -1.70. The fourth-order valence-electron chi connectivity index (χ4n) is 1.69. The molecule has 0 spiro atoms. The molecule has 0 aromatic carbocycles. The van der Waals surface area contributed by atoms with E-state index in [1.54, 1.807) is 4.90 Å². The predicted octanol–water partition coefficient (Wildman–Crippen LogP) is 2.07. The van der Waals surface area contributed by atoms with Gasteiger partial charge in [0, 0.05) is 31.5 Å². The van der Waals surface area contributed by atoms with Gasteiger partial charge in [-0.2, -0.15) is 0 Å². The van der Waals surface area contributed by atoms with Gasteiger partial charge in [0.15, 0.2) is 0 Å². The van der Waals surface area contributed by atoms with Crippen LogP contribution in [0.2, 0.25) is 0 Å². The molecule has 0 aliphatic rings. The average molecular weight is 268 g/mol. The topological polar surface area (TPSA) is 69.6 Å². The number of nitrogens with one attached hydrogen (secondary N) is 1. The second-order valence-electron chi connectivity index (χ2n) is 4.75. The molecule has 0 aromatic heterocycles. The van der Waals surface area contributed by atoms with Crippen molar-refractivity contribution >= 4 is 12.0 Å². The fourth-order valence-corrected chi connectivity index (χ4v) is 1.69. The maximum Gasteiger partial charge on any atom is 0.317 e. The molecular weight excluding hydrogens is 244 g/mol. The van der Waals surface area contributed by atoms with Crippen LogP contribution in [0.3, 0.4) is 0 Å². The van der Waals surface area contributed by atoms with E-state index in [-0.39, 0.29) is 24.5 Å². The highest BCUT2D eigenvalue weighted by atomic mass is 16.4. The Morgan fingerprint density at radius 3 is 2.47 bits per heavy atom. The van der Waals surface area contributed by atoms with Crippen LogP contribution in [0.25, 0.3) is 0 Å². The average Bonchev–Trinajstić information content (AvgIpc) is 2.32. The number of terminal acetylenes is 1. The van der Waals surface area contributed by atoms with Gasteiger partial charge in [-0.15, -0.1) is 12.3 Å². The van der Waals surface area contributed by atoms with E-state index in [4.69, 9.17) is 11.5 Å². The van der Waals surface area contributed by atoms with E-state index in [9.17, 15) is 9.59 Å². The van der Waals surface area contributed by atoms with Crippen molar-refractivity contribution in [3.8, 4) is 12.3 Å². The second kappa shape index (κ2) is 9.26. The zero-order valence-corrected chi connectivity index (χ0v) is 12.0. The number of carbonyl (C=O) groups is 2. The van der Waals surface area contributed by atoms with Crippen LogP contribution in [0.4, 0.5) is 4.79 Å². The lowest BCUT2D eigenvalue weighted by atomic mass is 10.1. The number of urea groups is 1. The van der Waals surface area contributed by atoms with E-state index in [1.807, 2.05) is 20.8 Å². The van der Waals surface area contributed by atoms with Crippen LogP contribution < -0.4 is 5.32 Å². The number of carboxylic acid groups (broad SMARTS) is 1. The molecule has 2 N–H and O–H groups in total. The summed E-state index contributed by atoms with van der Waals surface area (Å²) >= 11 is 0. The van der Waals surface area contributed by atoms with Crippen LogP contribution in [0.1, 0.15) is 46.5 Å². The van der Waals surface area contributed by atoms with Gasteiger partial charge in [0.05, 0.1) is 0 Å². The van der Waals surface area contributed by atoms with Crippen molar-refractivity contribution in [2.75, 3.05) is 6.54 Å². The Kier molecular flexibility index (Phi) is 8.43. The Morgan fingerprint density at radius 2 is 2.05 bits per heavy atom. The third kappa shape index (κ3) is 7.35. The smallest absolute Gasteiger partial charge is 0.317 e. The zero-order valence-electron chi connectivity index (χ0n) is 12.0. The molecular formula is C14H24N2O3. The van der Waals surface area contributed by atoms with E-state index in [0.717, 1.165) is 6.42 Å². The third-order valence-electron chi connectivity index (χ3n) is 2.86. The van der Waals surface area contributed by atoms with Crippen molar-refractivity contribution in [3.05, 3.63) is 0 Å². The fraction of sp³-hybridized carbons (Fsp3) is 0.714. The number of carboxylic acids is 1. The van der Waals surface area contributed by atoms with Gasteiger partial charge in [-0.05, 0) is 26.7 Å². The van der Waals surface area contributed by atoms with Crippen LogP contribution in [-0.2, 0) is 4.79 Å². The second-order valence-corrected chi connectivity index (χ2v) is 4.75. The molecule has 1 unspecified atom stereocenters. The monoisotopic (exact) mass is 268 g/mol. The van der Waals surface area contributed by atoms with Gasteiger partial charge >= 0.3 is 12.0 Å². The highest BCUT2D eigenvalue weighted by molar-refractivity contribution is 5.75. The standard InChI is InChI=1S/C14H24N2O3/c1-5-8-12(6-2)15-14(19)16(11(3)4)10-7-9-13(17)18/h1,11-12H,6-10H2,2-4H3,(H,15,19)(H,17,18). The summed E-state index contributed by atoms with van der Waals surface area (Å²) in [5, 5.41) is 11.5. The SMILES string of the molecule is C#CCC(CC)NC(=O)N(CCCC(=O)O)C(C)C.